The first-order valence-electron chi connectivity index (χ1n) is 8.17. The van der Waals surface area contributed by atoms with Crippen LogP contribution in [0.25, 0.3) is 5.65 Å². The Labute approximate surface area is 136 Å². The number of aromatic nitrogens is 2. The largest absolute Gasteiger partial charge is 0.379 e. The molecular formula is C17H24N4O2. The van der Waals surface area contributed by atoms with Gasteiger partial charge in [-0.15, -0.1) is 0 Å². The Morgan fingerprint density at radius 3 is 2.87 bits per heavy atom. The van der Waals surface area contributed by atoms with Crippen LogP contribution in [0.1, 0.15) is 30.8 Å². The summed E-state index contributed by atoms with van der Waals surface area (Å²) in [5.41, 5.74) is 1.18. The lowest BCUT2D eigenvalue weighted by molar-refractivity contribution is -0.0169. The lowest BCUT2D eigenvalue weighted by Gasteiger charge is -2.43. The molecule has 0 radical (unpaired) electrons. The lowest BCUT2D eigenvalue weighted by atomic mass is 9.95. The van der Waals surface area contributed by atoms with Crippen LogP contribution >= 0.6 is 0 Å². The van der Waals surface area contributed by atoms with Crippen LogP contribution in [0, 0.1) is 0 Å². The van der Waals surface area contributed by atoms with Crippen molar-refractivity contribution in [1.82, 2.24) is 19.6 Å². The van der Waals surface area contributed by atoms with Gasteiger partial charge < -0.3 is 14.5 Å². The summed E-state index contributed by atoms with van der Waals surface area (Å²) in [5.74, 6) is -0.123. The number of carbonyl (C=O) groups is 1. The molecule has 3 heterocycles. The van der Waals surface area contributed by atoms with Gasteiger partial charge in [-0.25, -0.2) is 4.98 Å². The van der Waals surface area contributed by atoms with Crippen LogP contribution < -0.4 is 5.32 Å². The topological polar surface area (TPSA) is 58.9 Å². The number of morpholine rings is 1. The highest BCUT2D eigenvalue weighted by Gasteiger charge is 2.31. The van der Waals surface area contributed by atoms with Crippen molar-refractivity contribution in [2.24, 2.45) is 0 Å². The number of carbonyl (C=O) groups excluding carboxylic acids is 1. The fourth-order valence-corrected chi connectivity index (χ4v) is 2.97. The molecule has 0 aromatic carbocycles. The normalized spacial score (nSPS) is 18.7. The van der Waals surface area contributed by atoms with Crippen molar-refractivity contribution >= 4 is 11.6 Å². The third kappa shape index (κ3) is 3.38. The van der Waals surface area contributed by atoms with Crippen LogP contribution in [0.2, 0.25) is 0 Å². The predicted octanol–water partition coefficient (Wildman–Crippen LogP) is 1.56. The number of ether oxygens (including phenoxy) is 1. The third-order valence-corrected chi connectivity index (χ3v) is 4.76. The Bertz CT molecular complexity index is 645. The van der Waals surface area contributed by atoms with E-state index in [9.17, 15) is 4.79 Å². The van der Waals surface area contributed by atoms with Gasteiger partial charge in [-0.1, -0.05) is 13.0 Å². The maximum atomic E-state index is 12.4. The van der Waals surface area contributed by atoms with Gasteiger partial charge in [-0.3, -0.25) is 9.69 Å². The quantitative estimate of drug-likeness (QED) is 0.909. The van der Waals surface area contributed by atoms with Crippen molar-refractivity contribution in [3.8, 4) is 0 Å². The van der Waals surface area contributed by atoms with E-state index in [0.717, 1.165) is 38.4 Å². The van der Waals surface area contributed by atoms with E-state index < -0.39 is 0 Å². The summed E-state index contributed by atoms with van der Waals surface area (Å²) in [6.07, 6.45) is 4.63. The number of hydrogen-bond acceptors (Lipinski definition) is 4. The summed E-state index contributed by atoms with van der Waals surface area (Å²) in [5, 5.41) is 3.05. The summed E-state index contributed by atoms with van der Waals surface area (Å²) in [6.45, 7) is 8.31. The Hall–Kier alpha value is -1.92. The minimum atomic E-state index is -0.123. The molecule has 1 atom stereocenters. The maximum absolute atomic E-state index is 12.4. The van der Waals surface area contributed by atoms with Crippen LogP contribution in [0.4, 0.5) is 0 Å². The Balaban J connectivity index is 1.66. The number of rotatable bonds is 5. The van der Waals surface area contributed by atoms with Crippen molar-refractivity contribution in [2.75, 3.05) is 32.8 Å². The second kappa shape index (κ2) is 6.68. The smallest absolute Gasteiger partial charge is 0.271 e. The molecular weight excluding hydrogens is 292 g/mol. The molecule has 3 rings (SSSR count). The molecule has 0 saturated carbocycles. The van der Waals surface area contributed by atoms with E-state index in [-0.39, 0.29) is 11.4 Å². The van der Waals surface area contributed by atoms with Gasteiger partial charge in [-0.2, -0.15) is 0 Å². The van der Waals surface area contributed by atoms with E-state index in [4.69, 9.17) is 4.74 Å². The fraction of sp³-hybridized carbons (Fsp3) is 0.529. The number of fused-ring (bicyclic) bond motifs is 1. The second-order valence-corrected chi connectivity index (χ2v) is 6.22. The Kier molecular flexibility index (Phi) is 4.63. The summed E-state index contributed by atoms with van der Waals surface area (Å²) in [6, 6.07) is 5.72. The number of pyridine rings is 1. The molecule has 1 aliphatic heterocycles. The second-order valence-electron chi connectivity index (χ2n) is 6.22. The van der Waals surface area contributed by atoms with E-state index in [1.165, 1.54) is 0 Å². The van der Waals surface area contributed by atoms with E-state index >= 15 is 0 Å². The lowest BCUT2D eigenvalue weighted by Crippen LogP contribution is -2.56. The molecule has 6 heteroatoms. The van der Waals surface area contributed by atoms with Gasteiger partial charge in [0.15, 0.2) is 0 Å². The van der Waals surface area contributed by atoms with Gasteiger partial charge in [0.25, 0.3) is 5.91 Å². The SMILES string of the molecule is CCC(C)(CNC(=O)c1cn2ccccc2n1)N1CCOCC1. The first-order valence-corrected chi connectivity index (χ1v) is 8.17. The summed E-state index contributed by atoms with van der Waals surface area (Å²) in [7, 11) is 0. The van der Waals surface area contributed by atoms with Crippen LogP contribution in [-0.2, 0) is 4.74 Å². The van der Waals surface area contributed by atoms with E-state index in [1.807, 2.05) is 28.8 Å². The highest BCUT2D eigenvalue weighted by molar-refractivity contribution is 5.92. The molecule has 6 nitrogen and oxygen atoms in total. The van der Waals surface area contributed by atoms with Crippen LogP contribution in [0.5, 0.6) is 0 Å². The van der Waals surface area contributed by atoms with E-state index in [2.05, 4.69) is 29.0 Å². The molecule has 1 aliphatic rings. The molecule has 2 aromatic rings. The summed E-state index contributed by atoms with van der Waals surface area (Å²) in [4.78, 5) is 19.2. The zero-order valence-corrected chi connectivity index (χ0v) is 13.8. The van der Waals surface area contributed by atoms with Crippen molar-refractivity contribution in [2.45, 2.75) is 25.8 Å². The summed E-state index contributed by atoms with van der Waals surface area (Å²) >= 11 is 0. The van der Waals surface area contributed by atoms with Crippen LogP contribution in [-0.4, -0.2) is 58.6 Å². The third-order valence-electron chi connectivity index (χ3n) is 4.76. The molecule has 1 amide bonds. The van der Waals surface area contributed by atoms with Gasteiger partial charge in [0.1, 0.15) is 11.3 Å². The molecule has 1 N–H and O–H groups in total. The van der Waals surface area contributed by atoms with Gasteiger partial charge in [-0.05, 0) is 25.5 Å². The number of nitrogens with one attached hydrogen (secondary N) is 1. The average molecular weight is 316 g/mol. The van der Waals surface area contributed by atoms with Crippen molar-refractivity contribution in [3.63, 3.8) is 0 Å². The number of hydrogen-bond donors (Lipinski definition) is 1. The van der Waals surface area contributed by atoms with Gasteiger partial charge in [0, 0.05) is 37.6 Å². The average Bonchev–Trinajstić information content (AvgIpc) is 3.04. The van der Waals surface area contributed by atoms with Gasteiger partial charge >= 0.3 is 0 Å². The molecule has 23 heavy (non-hydrogen) atoms. The molecule has 2 aromatic heterocycles. The molecule has 1 fully saturated rings. The van der Waals surface area contributed by atoms with E-state index in [1.54, 1.807) is 6.20 Å². The standard InChI is InChI=1S/C17H24N4O2/c1-3-17(2,21-8-10-23-11-9-21)13-18-16(22)14-12-20-7-5-4-6-15(20)19-14/h4-7,12H,3,8-11,13H2,1-2H3,(H,18,22). The van der Waals surface area contributed by atoms with Crippen LogP contribution in [0.3, 0.4) is 0 Å². The van der Waals surface area contributed by atoms with E-state index in [0.29, 0.717) is 12.2 Å². The Morgan fingerprint density at radius 2 is 2.17 bits per heavy atom. The van der Waals surface area contributed by atoms with Crippen LogP contribution in [0.15, 0.2) is 30.6 Å². The zero-order chi connectivity index (χ0) is 16.3. The molecule has 0 aliphatic carbocycles. The van der Waals surface area contributed by atoms with Crippen molar-refractivity contribution in [3.05, 3.63) is 36.3 Å². The highest BCUT2D eigenvalue weighted by Crippen LogP contribution is 2.20. The highest BCUT2D eigenvalue weighted by atomic mass is 16.5. The fourth-order valence-electron chi connectivity index (χ4n) is 2.97. The molecule has 124 valence electrons. The first kappa shape index (κ1) is 16.0. The minimum absolute atomic E-state index is 0.0569. The Morgan fingerprint density at radius 1 is 1.39 bits per heavy atom. The molecule has 1 saturated heterocycles. The monoisotopic (exact) mass is 316 g/mol. The van der Waals surface area contributed by atoms with Gasteiger partial charge in [0.05, 0.1) is 13.2 Å². The maximum Gasteiger partial charge on any atom is 0.271 e. The zero-order valence-electron chi connectivity index (χ0n) is 13.8. The molecule has 0 bridgehead atoms. The number of amides is 1. The number of imidazole rings is 1. The van der Waals surface area contributed by atoms with Gasteiger partial charge in [0.2, 0.25) is 0 Å². The summed E-state index contributed by atoms with van der Waals surface area (Å²) < 4.78 is 7.28. The molecule has 1 unspecified atom stereocenters. The minimum Gasteiger partial charge on any atom is -0.379 e. The first-order chi connectivity index (χ1) is 11.1. The van der Waals surface area contributed by atoms with Crippen molar-refractivity contribution in [1.29, 1.82) is 0 Å². The molecule has 0 spiro atoms. The number of nitrogens with zero attached hydrogens (tertiary/aromatic N) is 3. The van der Waals surface area contributed by atoms with Crippen molar-refractivity contribution < 1.29 is 9.53 Å². The predicted molar refractivity (Wildman–Crippen MR) is 88.6 cm³/mol.